The van der Waals surface area contributed by atoms with Gasteiger partial charge in [0.2, 0.25) is 6.10 Å². The second kappa shape index (κ2) is 4.83. The lowest BCUT2D eigenvalue weighted by Gasteiger charge is -2.17. The summed E-state index contributed by atoms with van der Waals surface area (Å²) in [6.45, 7) is 2.93. The lowest BCUT2D eigenvalue weighted by Crippen LogP contribution is -2.33. The molecule has 5 heteroatoms. The average Bonchev–Trinajstić information content (AvgIpc) is 2.52. The maximum absolute atomic E-state index is 11.3. The van der Waals surface area contributed by atoms with Crippen LogP contribution in [0.25, 0.3) is 0 Å². The normalized spacial score (nSPS) is 20.4. The van der Waals surface area contributed by atoms with E-state index >= 15 is 0 Å². The lowest BCUT2D eigenvalue weighted by molar-refractivity contribution is -0.145. The highest BCUT2D eigenvalue weighted by Crippen LogP contribution is 2.11. The number of carbonyl (C=O) groups excluding carboxylic acids is 2. The van der Waals surface area contributed by atoms with Gasteiger partial charge in [-0.1, -0.05) is 6.92 Å². The lowest BCUT2D eigenvalue weighted by atomic mass is 10.3. The van der Waals surface area contributed by atoms with Crippen molar-refractivity contribution in [3.8, 4) is 0 Å². The monoisotopic (exact) mass is 201 g/mol. The maximum atomic E-state index is 11.3. The van der Waals surface area contributed by atoms with Gasteiger partial charge in [-0.05, 0) is 6.42 Å². The predicted molar refractivity (Wildman–Crippen MR) is 48.8 cm³/mol. The summed E-state index contributed by atoms with van der Waals surface area (Å²) in [7, 11) is 1.64. The van der Waals surface area contributed by atoms with Crippen LogP contribution in [0.4, 0.5) is 4.79 Å². The van der Waals surface area contributed by atoms with Gasteiger partial charge in [-0.25, -0.2) is 9.59 Å². The molecule has 0 aromatic heterocycles. The quantitative estimate of drug-likeness (QED) is 0.633. The first-order chi connectivity index (χ1) is 6.65. The Bertz CT molecular complexity index is 229. The van der Waals surface area contributed by atoms with Crippen molar-refractivity contribution in [2.45, 2.75) is 25.9 Å². The van der Waals surface area contributed by atoms with Crippen LogP contribution in [0.5, 0.6) is 0 Å². The molecule has 0 aromatic rings. The standard InChI is InChI=1S/C9H15NO4/c1-3-5-10(2)9(12)14-7-4-6-13-8(7)11/h7H,3-6H2,1-2H3. The van der Waals surface area contributed by atoms with Crippen molar-refractivity contribution >= 4 is 12.1 Å². The third-order valence-corrected chi connectivity index (χ3v) is 2.00. The van der Waals surface area contributed by atoms with E-state index in [4.69, 9.17) is 4.74 Å². The van der Waals surface area contributed by atoms with Crippen LogP contribution in [0.15, 0.2) is 0 Å². The molecule has 0 bridgehead atoms. The Kier molecular flexibility index (Phi) is 3.73. The van der Waals surface area contributed by atoms with E-state index in [-0.39, 0.29) is 0 Å². The molecule has 1 aliphatic heterocycles. The fourth-order valence-corrected chi connectivity index (χ4v) is 1.22. The van der Waals surface area contributed by atoms with Crippen LogP contribution < -0.4 is 0 Å². The van der Waals surface area contributed by atoms with Gasteiger partial charge in [0, 0.05) is 20.0 Å². The Morgan fingerprint density at radius 3 is 2.93 bits per heavy atom. The van der Waals surface area contributed by atoms with Gasteiger partial charge in [-0.15, -0.1) is 0 Å². The third kappa shape index (κ3) is 2.61. The molecule has 80 valence electrons. The van der Waals surface area contributed by atoms with Crippen molar-refractivity contribution in [3.63, 3.8) is 0 Å². The van der Waals surface area contributed by atoms with E-state index in [1.165, 1.54) is 4.90 Å². The van der Waals surface area contributed by atoms with Crippen molar-refractivity contribution in [1.82, 2.24) is 4.90 Å². The minimum absolute atomic E-state index is 0.342. The zero-order valence-corrected chi connectivity index (χ0v) is 8.49. The smallest absolute Gasteiger partial charge is 0.410 e. The molecule has 0 saturated carbocycles. The van der Waals surface area contributed by atoms with Crippen LogP contribution in [0.1, 0.15) is 19.8 Å². The molecule has 1 amide bonds. The molecule has 0 aliphatic carbocycles. The van der Waals surface area contributed by atoms with E-state index in [1.54, 1.807) is 7.05 Å². The third-order valence-electron chi connectivity index (χ3n) is 2.00. The number of esters is 1. The van der Waals surface area contributed by atoms with E-state index in [9.17, 15) is 9.59 Å². The molecule has 1 aliphatic rings. The summed E-state index contributed by atoms with van der Waals surface area (Å²) in [5, 5.41) is 0. The number of ether oxygens (including phenoxy) is 2. The number of hydrogen-bond donors (Lipinski definition) is 0. The second-order valence-corrected chi connectivity index (χ2v) is 3.25. The van der Waals surface area contributed by atoms with Gasteiger partial charge < -0.3 is 14.4 Å². The molecule has 0 N–H and O–H groups in total. The van der Waals surface area contributed by atoms with Gasteiger partial charge >= 0.3 is 12.1 Å². The van der Waals surface area contributed by atoms with Crippen molar-refractivity contribution in [3.05, 3.63) is 0 Å². The zero-order chi connectivity index (χ0) is 10.6. The Morgan fingerprint density at radius 1 is 1.71 bits per heavy atom. The molecule has 0 aromatic carbocycles. The summed E-state index contributed by atoms with van der Waals surface area (Å²) in [5.41, 5.74) is 0. The number of amides is 1. The summed E-state index contributed by atoms with van der Waals surface area (Å²) in [5.74, 6) is -0.441. The van der Waals surface area contributed by atoms with E-state index in [2.05, 4.69) is 4.74 Å². The molecule has 1 unspecified atom stereocenters. The Balaban J connectivity index is 2.36. The highest BCUT2D eigenvalue weighted by molar-refractivity contribution is 5.80. The molecule has 1 saturated heterocycles. The average molecular weight is 201 g/mol. The van der Waals surface area contributed by atoms with Crippen LogP contribution in [-0.2, 0) is 14.3 Å². The van der Waals surface area contributed by atoms with E-state index < -0.39 is 18.2 Å². The highest BCUT2D eigenvalue weighted by atomic mass is 16.6. The van der Waals surface area contributed by atoms with Crippen molar-refractivity contribution < 1.29 is 19.1 Å². The molecule has 1 heterocycles. The number of rotatable bonds is 3. The Labute approximate surface area is 83.0 Å². The predicted octanol–water partition coefficient (Wildman–Crippen LogP) is 0.780. The molecule has 0 radical (unpaired) electrons. The van der Waals surface area contributed by atoms with Crippen molar-refractivity contribution in [2.24, 2.45) is 0 Å². The summed E-state index contributed by atoms with van der Waals surface area (Å²) in [6, 6.07) is 0. The number of hydrogen-bond acceptors (Lipinski definition) is 4. The topological polar surface area (TPSA) is 55.8 Å². The van der Waals surface area contributed by atoms with Gasteiger partial charge in [0.05, 0.1) is 6.61 Å². The number of nitrogens with zero attached hydrogens (tertiary/aromatic N) is 1. The first-order valence-corrected chi connectivity index (χ1v) is 4.73. The first kappa shape index (κ1) is 10.8. The van der Waals surface area contributed by atoms with Crippen LogP contribution in [0, 0.1) is 0 Å². The maximum Gasteiger partial charge on any atom is 0.410 e. The zero-order valence-electron chi connectivity index (χ0n) is 8.49. The van der Waals surface area contributed by atoms with Gasteiger partial charge in [0.25, 0.3) is 0 Å². The van der Waals surface area contributed by atoms with Gasteiger partial charge in [0.15, 0.2) is 0 Å². The van der Waals surface area contributed by atoms with Crippen LogP contribution in [-0.4, -0.2) is 43.3 Å². The van der Waals surface area contributed by atoms with Crippen molar-refractivity contribution in [1.29, 1.82) is 0 Å². The summed E-state index contributed by atoms with van der Waals surface area (Å²) in [6.07, 6.45) is 0.156. The summed E-state index contributed by atoms with van der Waals surface area (Å²) >= 11 is 0. The van der Waals surface area contributed by atoms with E-state index in [1.807, 2.05) is 6.92 Å². The van der Waals surface area contributed by atoms with Gasteiger partial charge in [-0.2, -0.15) is 0 Å². The van der Waals surface area contributed by atoms with Crippen LogP contribution >= 0.6 is 0 Å². The molecule has 14 heavy (non-hydrogen) atoms. The van der Waals surface area contributed by atoms with E-state index in [0.717, 1.165) is 6.42 Å². The number of cyclic esters (lactones) is 1. The summed E-state index contributed by atoms with van der Waals surface area (Å²) in [4.78, 5) is 23.8. The fourth-order valence-electron chi connectivity index (χ4n) is 1.22. The van der Waals surface area contributed by atoms with Crippen molar-refractivity contribution in [2.75, 3.05) is 20.2 Å². The molecule has 0 spiro atoms. The SMILES string of the molecule is CCCN(C)C(=O)OC1CCOC1=O. The van der Waals surface area contributed by atoms with Crippen LogP contribution in [0.2, 0.25) is 0 Å². The highest BCUT2D eigenvalue weighted by Gasteiger charge is 2.30. The Hall–Kier alpha value is -1.26. The summed E-state index contributed by atoms with van der Waals surface area (Å²) < 4.78 is 9.62. The van der Waals surface area contributed by atoms with Gasteiger partial charge in [-0.3, -0.25) is 0 Å². The molecule has 5 nitrogen and oxygen atoms in total. The second-order valence-electron chi connectivity index (χ2n) is 3.25. The molecular formula is C9H15NO4. The van der Waals surface area contributed by atoms with E-state index in [0.29, 0.717) is 19.6 Å². The molecule has 1 rings (SSSR count). The fraction of sp³-hybridized carbons (Fsp3) is 0.778. The largest absolute Gasteiger partial charge is 0.463 e. The van der Waals surface area contributed by atoms with Crippen LogP contribution in [0.3, 0.4) is 0 Å². The molecule has 1 atom stereocenters. The van der Waals surface area contributed by atoms with Gasteiger partial charge in [0.1, 0.15) is 0 Å². The number of carbonyl (C=O) groups is 2. The molecule has 1 fully saturated rings. The molecular weight excluding hydrogens is 186 g/mol. The Morgan fingerprint density at radius 2 is 2.43 bits per heavy atom. The first-order valence-electron chi connectivity index (χ1n) is 4.73. The minimum Gasteiger partial charge on any atom is -0.463 e. The minimum atomic E-state index is -0.707.